The lowest BCUT2D eigenvalue weighted by Crippen LogP contribution is -2.17. The van der Waals surface area contributed by atoms with Crippen LogP contribution in [0.3, 0.4) is 0 Å². The lowest BCUT2D eigenvalue weighted by atomic mass is 10.2. The second kappa shape index (κ2) is 3.61. The Labute approximate surface area is 87.0 Å². The molecule has 1 unspecified atom stereocenters. The molecular weight excluding hydrogens is 198 g/mol. The van der Waals surface area contributed by atoms with E-state index in [-0.39, 0.29) is 0 Å². The molecule has 0 radical (unpaired) electrons. The van der Waals surface area contributed by atoms with E-state index in [9.17, 15) is 4.79 Å². The minimum absolute atomic E-state index is 0.430. The summed E-state index contributed by atoms with van der Waals surface area (Å²) in [5.74, 6) is -0.0983. The highest BCUT2D eigenvalue weighted by molar-refractivity contribution is 7.17. The van der Waals surface area contributed by atoms with Gasteiger partial charge in [0.25, 0.3) is 0 Å². The van der Waals surface area contributed by atoms with Crippen LogP contribution in [0.5, 0.6) is 0 Å². The minimum atomic E-state index is -0.825. The molecule has 1 aromatic heterocycles. The van der Waals surface area contributed by atoms with Crippen LogP contribution in [-0.4, -0.2) is 24.2 Å². The summed E-state index contributed by atoms with van der Waals surface area (Å²) in [5, 5.41) is 9.87. The van der Waals surface area contributed by atoms with Crippen molar-refractivity contribution in [3.8, 4) is 0 Å². The first kappa shape index (κ1) is 9.52. The van der Waals surface area contributed by atoms with Gasteiger partial charge in [-0.2, -0.15) is 0 Å². The molecule has 1 fully saturated rings. The molecule has 0 aliphatic carbocycles. The zero-order chi connectivity index (χ0) is 10.1. The molecule has 1 saturated heterocycles. The van der Waals surface area contributed by atoms with Crippen molar-refractivity contribution in [2.45, 2.75) is 13.3 Å². The van der Waals surface area contributed by atoms with Gasteiger partial charge in [0.2, 0.25) is 0 Å². The van der Waals surface area contributed by atoms with E-state index < -0.39 is 5.97 Å². The van der Waals surface area contributed by atoms with E-state index in [1.807, 2.05) is 6.07 Å². The molecule has 0 amide bonds. The van der Waals surface area contributed by atoms with Crippen LogP contribution in [0.2, 0.25) is 0 Å². The van der Waals surface area contributed by atoms with Gasteiger partial charge >= 0.3 is 5.97 Å². The fourth-order valence-electron chi connectivity index (χ4n) is 1.75. The first-order valence-corrected chi connectivity index (χ1v) is 5.56. The third-order valence-electron chi connectivity index (χ3n) is 2.54. The Hall–Kier alpha value is -1.03. The Morgan fingerprint density at radius 2 is 2.43 bits per heavy atom. The normalized spacial score (nSPS) is 21.5. The first-order valence-electron chi connectivity index (χ1n) is 4.75. The maximum Gasteiger partial charge on any atom is 0.345 e. The molecule has 3 nitrogen and oxygen atoms in total. The summed E-state index contributed by atoms with van der Waals surface area (Å²) in [6.45, 7) is 4.34. The molecular formula is C10H13NO2S. The number of aromatic carboxylic acids is 1. The summed E-state index contributed by atoms with van der Waals surface area (Å²) < 4.78 is 0. The van der Waals surface area contributed by atoms with E-state index in [1.165, 1.54) is 17.8 Å². The number of thiophene rings is 1. The summed E-state index contributed by atoms with van der Waals surface area (Å²) in [6, 6.07) is 3.59. The van der Waals surface area contributed by atoms with E-state index >= 15 is 0 Å². The van der Waals surface area contributed by atoms with Crippen molar-refractivity contribution in [2.75, 3.05) is 18.0 Å². The summed E-state index contributed by atoms with van der Waals surface area (Å²) in [7, 11) is 0. The molecule has 0 aromatic carbocycles. The average molecular weight is 211 g/mol. The predicted octanol–water partition coefficient (Wildman–Crippen LogP) is 2.29. The van der Waals surface area contributed by atoms with Gasteiger partial charge in [-0.15, -0.1) is 11.3 Å². The van der Waals surface area contributed by atoms with Crippen molar-refractivity contribution in [1.29, 1.82) is 0 Å². The van der Waals surface area contributed by atoms with Crippen molar-refractivity contribution in [3.05, 3.63) is 17.0 Å². The number of hydrogen-bond donors (Lipinski definition) is 1. The van der Waals surface area contributed by atoms with Gasteiger partial charge in [-0.1, -0.05) is 6.92 Å². The molecule has 1 aliphatic heterocycles. The molecule has 0 saturated carbocycles. The van der Waals surface area contributed by atoms with Gasteiger partial charge in [0.05, 0.1) is 5.00 Å². The third kappa shape index (κ3) is 1.75. The Morgan fingerprint density at radius 3 is 2.93 bits per heavy atom. The quantitative estimate of drug-likeness (QED) is 0.816. The Balaban J connectivity index is 2.13. The highest BCUT2D eigenvalue weighted by atomic mass is 32.1. The molecule has 2 heterocycles. The Morgan fingerprint density at radius 1 is 1.64 bits per heavy atom. The van der Waals surface area contributed by atoms with Crippen LogP contribution >= 0.6 is 11.3 Å². The van der Waals surface area contributed by atoms with Crippen molar-refractivity contribution < 1.29 is 9.90 Å². The SMILES string of the molecule is CC1CCN(c2ccc(C(=O)O)s2)C1. The van der Waals surface area contributed by atoms with Crippen LogP contribution in [0.25, 0.3) is 0 Å². The number of carboxylic acid groups (broad SMARTS) is 1. The number of rotatable bonds is 2. The van der Waals surface area contributed by atoms with Gasteiger partial charge in [0.1, 0.15) is 4.88 Å². The summed E-state index contributed by atoms with van der Waals surface area (Å²) >= 11 is 1.37. The molecule has 2 rings (SSSR count). The molecule has 0 bridgehead atoms. The second-order valence-corrected chi connectivity index (χ2v) is 4.85. The van der Waals surface area contributed by atoms with E-state index in [4.69, 9.17) is 5.11 Å². The number of carbonyl (C=O) groups is 1. The summed E-state index contributed by atoms with van der Waals surface area (Å²) in [5.41, 5.74) is 0. The van der Waals surface area contributed by atoms with Crippen LogP contribution in [-0.2, 0) is 0 Å². The summed E-state index contributed by atoms with van der Waals surface area (Å²) in [6.07, 6.45) is 1.21. The zero-order valence-electron chi connectivity index (χ0n) is 8.06. The van der Waals surface area contributed by atoms with Crippen LogP contribution < -0.4 is 4.90 Å². The predicted molar refractivity (Wildman–Crippen MR) is 57.3 cm³/mol. The van der Waals surface area contributed by atoms with Gasteiger partial charge < -0.3 is 10.0 Å². The highest BCUT2D eigenvalue weighted by Gasteiger charge is 2.20. The van der Waals surface area contributed by atoms with Crippen LogP contribution in [0.15, 0.2) is 12.1 Å². The van der Waals surface area contributed by atoms with Gasteiger partial charge in [0.15, 0.2) is 0 Å². The lowest BCUT2D eigenvalue weighted by Gasteiger charge is -2.14. The van der Waals surface area contributed by atoms with Gasteiger partial charge in [0, 0.05) is 13.1 Å². The molecule has 1 aromatic rings. The summed E-state index contributed by atoms with van der Waals surface area (Å²) in [4.78, 5) is 13.4. The molecule has 14 heavy (non-hydrogen) atoms. The van der Waals surface area contributed by atoms with Crippen molar-refractivity contribution in [3.63, 3.8) is 0 Å². The lowest BCUT2D eigenvalue weighted by molar-refractivity contribution is 0.0702. The smallest absolute Gasteiger partial charge is 0.345 e. The Bertz CT molecular complexity index is 348. The average Bonchev–Trinajstić information content (AvgIpc) is 2.70. The zero-order valence-corrected chi connectivity index (χ0v) is 8.88. The van der Waals surface area contributed by atoms with E-state index in [2.05, 4.69) is 11.8 Å². The molecule has 0 spiro atoms. The number of nitrogens with zero attached hydrogens (tertiary/aromatic N) is 1. The maximum absolute atomic E-state index is 10.7. The third-order valence-corrected chi connectivity index (χ3v) is 3.67. The monoisotopic (exact) mass is 211 g/mol. The van der Waals surface area contributed by atoms with Crippen molar-refractivity contribution >= 4 is 22.3 Å². The topological polar surface area (TPSA) is 40.5 Å². The fourth-order valence-corrected chi connectivity index (χ4v) is 2.63. The number of anilines is 1. The van der Waals surface area contributed by atoms with E-state index in [0.717, 1.165) is 24.0 Å². The second-order valence-electron chi connectivity index (χ2n) is 3.78. The van der Waals surface area contributed by atoms with Crippen molar-refractivity contribution in [1.82, 2.24) is 0 Å². The minimum Gasteiger partial charge on any atom is -0.477 e. The van der Waals surface area contributed by atoms with E-state index in [0.29, 0.717) is 4.88 Å². The van der Waals surface area contributed by atoms with Gasteiger partial charge in [-0.25, -0.2) is 4.79 Å². The van der Waals surface area contributed by atoms with Crippen LogP contribution in [0.1, 0.15) is 23.0 Å². The molecule has 1 aliphatic rings. The van der Waals surface area contributed by atoms with Crippen LogP contribution in [0.4, 0.5) is 5.00 Å². The first-order chi connectivity index (χ1) is 6.66. The maximum atomic E-state index is 10.7. The Kier molecular flexibility index (Phi) is 2.46. The highest BCUT2D eigenvalue weighted by Crippen LogP contribution is 2.30. The van der Waals surface area contributed by atoms with Gasteiger partial charge in [-0.05, 0) is 24.5 Å². The molecule has 4 heteroatoms. The van der Waals surface area contributed by atoms with Crippen molar-refractivity contribution in [2.24, 2.45) is 5.92 Å². The number of carboxylic acids is 1. The largest absolute Gasteiger partial charge is 0.477 e. The van der Waals surface area contributed by atoms with Gasteiger partial charge in [-0.3, -0.25) is 0 Å². The fraction of sp³-hybridized carbons (Fsp3) is 0.500. The molecule has 1 N–H and O–H groups in total. The standard InChI is InChI=1S/C10H13NO2S/c1-7-4-5-11(6-7)9-3-2-8(14-9)10(12)13/h2-3,7H,4-6H2,1H3,(H,12,13). The van der Waals surface area contributed by atoms with Crippen LogP contribution in [0, 0.1) is 5.92 Å². The molecule has 1 atom stereocenters. The molecule has 76 valence electrons. The number of hydrogen-bond acceptors (Lipinski definition) is 3. The van der Waals surface area contributed by atoms with E-state index in [1.54, 1.807) is 6.07 Å².